The van der Waals surface area contributed by atoms with E-state index in [1.54, 1.807) is 23.6 Å². The molecule has 0 fully saturated rings. The van der Waals surface area contributed by atoms with E-state index in [-0.39, 0.29) is 12.2 Å². The summed E-state index contributed by atoms with van der Waals surface area (Å²) in [5.41, 5.74) is 0.374. The van der Waals surface area contributed by atoms with Gasteiger partial charge in [0.05, 0.1) is 9.85 Å². The lowest BCUT2D eigenvalue weighted by atomic mass is 10.4. The highest BCUT2D eigenvalue weighted by Crippen LogP contribution is 2.22. The molecule has 0 radical (unpaired) electrons. The van der Waals surface area contributed by atoms with E-state index in [9.17, 15) is 9.59 Å². The van der Waals surface area contributed by atoms with Gasteiger partial charge in [-0.05, 0) is 23.6 Å². The number of esters is 1. The van der Waals surface area contributed by atoms with Crippen molar-refractivity contribution in [2.75, 3.05) is 0 Å². The first-order valence-corrected chi connectivity index (χ1v) is 7.60. The summed E-state index contributed by atoms with van der Waals surface area (Å²) in [5, 5.41) is 1.79. The van der Waals surface area contributed by atoms with Gasteiger partial charge in [0.1, 0.15) is 22.0 Å². The zero-order valence-corrected chi connectivity index (χ0v) is 12.3. The van der Waals surface area contributed by atoms with E-state index in [0.29, 0.717) is 25.3 Å². The average molecular weight is 327 g/mol. The molecule has 1 N–H and O–H groups in total. The van der Waals surface area contributed by atoms with E-state index in [1.165, 1.54) is 11.3 Å². The van der Waals surface area contributed by atoms with Crippen LogP contribution in [0.15, 0.2) is 28.4 Å². The molecule has 0 aliphatic rings. The number of carbonyl (C=O) groups is 1. The zero-order chi connectivity index (χ0) is 14.1. The fourth-order valence-electron chi connectivity index (χ4n) is 1.62. The van der Waals surface area contributed by atoms with Crippen molar-refractivity contribution in [3.8, 4) is 0 Å². The molecule has 8 heteroatoms. The molecule has 0 saturated carbocycles. The summed E-state index contributed by atoms with van der Waals surface area (Å²) in [6.07, 6.45) is 0. The molecule has 102 valence electrons. The number of H-pyrrole nitrogens is 1. The molecule has 3 aromatic rings. The van der Waals surface area contributed by atoms with E-state index in [1.807, 2.05) is 0 Å². The fourth-order valence-corrected chi connectivity index (χ4v) is 3.28. The largest absolute Gasteiger partial charge is 0.453 e. The predicted molar refractivity (Wildman–Crippen MR) is 78.7 cm³/mol. The van der Waals surface area contributed by atoms with Crippen molar-refractivity contribution in [3.05, 3.63) is 49.0 Å². The van der Waals surface area contributed by atoms with E-state index in [2.05, 4.69) is 9.97 Å². The maximum Gasteiger partial charge on any atom is 0.348 e. The average Bonchev–Trinajstić information content (AvgIpc) is 3.04. The monoisotopic (exact) mass is 326 g/mol. The number of nitrogens with zero attached hydrogens (tertiary/aromatic N) is 1. The van der Waals surface area contributed by atoms with Gasteiger partial charge in [0, 0.05) is 0 Å². The molecule has 3 aromatic heterocycles. The first kappa shape index (κ1) is 13.3. The number of hydrogen-bond acceptors (Lipinski definition) is 6. The minimum absolute atomic E-state index is 0.0879. The van der Waals surface area contributed by atoms with Crippen LogP contribution in [0.3, 0.4) is 0 Å². The van der Waals surface area contributed by atoms with Crippen LogP contribution in [0, 0.1) is 0 Å². The molecule has 0 bridgehead atoms. The van der Waals surface area contributed by atoms with Crippen molar-refractivity contribution >= 4 is 50.5 Å². The summed E-state index contributed by atoms with van der Waals surface area (Å²) in [6, 6.07) is 4.97. The Kier molecular flexibility index (Phi) is 3.56. The van der Waals surface area contributed by atoms with Crippen LogP contribution in [0.4, 0.5) is 0 Å². The maximum absolute atomic E-state index is 11.7. The number of aromatic nitrogens is 2. The first-order chi connectivity index (χ1) is 9.63. The molecule has 0 atom stereocenters. The molecule has 5 nitrogen and oxygen atoms in total. The van der Waals surface area contributed by atoms with Gasteiger partial charge in [-0.25, -0.2) is 9.78 Å². The Morgan fingerprint density at radius 1 is 1.40 bits per heavy atom. The van der Waals surface area contributed by atoms with Crippen molar-refractivity contribution < 1.29 is 9.53 Å². The van der Waals surface area contributed by atoms with Gasteiger partial charge in [0.15, 0.2) is 0 Å². The quantitative estimate of drug-likeness (QED) is 0.751. The summed E-state index contributed by atoms with van der Waals surface area (Å²) in [5.74, 6) is -0.174. The standard InChI is InChI=1S/C12H7ClN2O3S2/c13-8-2-1-7(20-8)12(17)18-5-9-14-6-3-4-19-10(6)11(16)15-9/h1-4H,5H2,(H,14,15,16). The van der Waals surface area contributed by atoms with Crippen LogP contribution in [-0.4, -0.2) is 15.9 Å². The highest BCUT2D eigenvalue weighted by molar-refractivity contribution is 7.18. The molecule has 20 heavy (non-hydrogen) atoms. The summed E-state index contributed by atoms with van der Waals surface area (Å²) < 4.78 is 6.17. The highest BCUT2D eigenvalue weighted by Gasteiger charge is 2.12. The van der Waals surface area contributed by atoms with Crippen LogP contribution >= 0.6 is 34.3 Å². The Bertz CT molecular complexity index is 836. The Labute approximate surface area is 125 Å². The lowest BCUT2D eigenvalue weighted by Gasteiger charge is -2.02. The summed E-state index contributed by atoms with van der Waals surface area (Å²) in [6.45, 7) is -0.0879. The van der Waals surface area contributed by atoms with Gasteiger partial charge in [-0.1, -0.05) is 11.6 Å². The smallest absolute Gasteiger partial charge is 0.348 e. The molecular weight excluding hydrogens is 320 g/mol. The normalized spacial score (nSPS) is 10.8. The third kappa shape index (κ3) is 2.60. The molecule has 0 unspecified atom stereocenters. The van der Waals surface area contributed by atoms with Crippen LogP contribution < -0.4 is 5.56 Å². The minimum Gasteiger partial charge on any atom is -0.453 e. The van der Waals surface area contributed by atoms with Crippen LogP contribution in [0.2, 0.25) is 4.34 Å². The Morgan fingerprint density at radius 3 is 3.00 bits per heavy atom. The van der Waals surface area contributed by atoms with Gasteiger partial charge in [0.25, 0.3) is 5.56 Å². The summed E-state index contributed by atoms with van der Waals surface area (Å²) in [7, 11) is 0. The van der Waals surface area contributed by atoms with Crippen LogP contribution in [0.5, 0.6) is 0 Å². The van der Waals surface area contributed by atoms with Crippen molar-refractivity contribution in [3.63, 3.8) is 0 Å². The van der Waals surface area contributed by atoms with Gasteiger partial charge < -0.3 is 9.72 Å². The fraction of sp³-hybridized carbons (Fsp3) is 0.0833. The molecule has 0 aliphatic carbocycles. The number of thiophene rings is 2. The maximum atomic E-state index is 11.7. The number of hydrogen-bond donors (Lipinski definition) is 1. The van der Waals surface area contributed by atoms with Gasteiger partial charge in [0.2, 0.25) is 0 Å². The molecule has 3 heterocycles. The molecule has 0 aromatic carbocycles. The predicted octanol–water partition coefficient (Wildman–Crippen LogP) is 3.06. The highest BCUT2D eigenvalue weighted by atomic mass is 35.5. The van der Waals surface area contributed by atoms with Crippen molar-refractivity contribution in [1.82, 2.24) is 9.97 Å². The molecule has 3 rings (SSSR count). The second kappa shape index (κ2) is 5.35. The Morgan fingerprint density at radius 2 is 2.25 bits per heavy atom. The minimum atomic E-state index is -0.491. The molecule has 0 aliphatic heterocycles. The van der Waals surface area contributed by atoms with Crippen LogP contribution in [0.25, 0.3) is 10.2 Å². The van der Waals surface area contributed by atoms with Crippen molar-refractivity contribution in [2.24, 2.45) is 0 Å². The Hall–Kier alpha value is -1.70. The summed E-state index contributed by atoms with van der Waals surface area (Å²) >= 11 is 8.21. The number of aromatic amines is 1. The Balaban J connectivity index is 1.76. The van der Waals surface area contributed by atoms with Gasteiger partial charge in [-0.3, -0.25) is 4.79 Å². The van der Waals surface area contributed by atoms with Gasteiger partial charge >= 0.3 is 5.97 Å². The van der Waals surface area contributed by atoms with E-state index >= 15 is 0 Å². The molecular formula is C12H7ClN2O3S2. The summed E-state index contributed by atoms with van der Waals surface area (Å²) in [4.78, 5) is 30.7. The van der Waals surface area contributed by atoms with Crippen LogP contribution in [0.1, 0.15) is 15.5 Å². The van der Waals surface area contributed by atoms with E-state index < -0.39 is 5.97 Å². The number of ether oxygens (including phenoxy) is 1. The third-order valence-corrected chi connectivity index (χ3v) is 4.59. The van der Waals surface area contributed by atoms with Crippen molar-refractivity contribution in [1.29, 1.82) is 0 Å². The number of halogens is 1. The number of fused-ring (bicyclic) bond motifs is 1. The second-order valence-corrected chi connectivity index (χ2v) is 6.46. The van der Waals surface area contributed by atoms with Crippen molar-refractivity contribution in [2.45, 2.75) is 6.61 Å². The SMILES string of the molecule is O=C(OCc1nc2ccsc2c(=O)[nH]1)c1ccc(Cl)s1. The third-order valence-electron chi connectivity index (χ3n) is 2.48. The van der Waals surface area contributed by atoms with Gasteiger partial charge in [-0.2, -0.15) is 0 Å². The number of nitrogens with one attached hydrogen (secondary N) is 1. The number of carbonyl (C=O) groups excluding carboxylic acids is 1. The van der Waals surface area contributed by atoms with Crippen LogP contribution in [-0.2, 0) is 11.3 Å². The topological polar surface area (TPSA) is 72.0 Å². The lowest BCUT2D eigenvalue weighted by Crippen LogP contribution is -2.13. The molecule has 0 spiro atoms. The second-order valence-electron chi connectivity index (χ2n) is 3.83. The van der Waals surface area contributed by atoms with E-state index in [0.717, 1.165) is 11.3 Å². The molecule has 0 amide bonds. The first-order valence-electron chi connectivity index (χ1n) is 5.52. The van der Waals surface area contributed by atoms with Gasteiger partial charge in [-0.15, -0.1) is 22.7 Å². The zero-order valence-electron chi connectivity index (χ0n) is 9.88. The number of rotatable bonds is 3. The van der Waals surface area contributed by atoms with E-state index in [4.69, 9.17) is 16.3 Å². The molecule has 0 saturated heterocycles. The lowest BCUT2D eigenvalue weighted by molar-refractivity contribution is 0.0468.